The van der Waals surface area contributed by atoms with Crippen molar-refractivity contribution in [3.05, 3.63) is 182 Å². The van der Waals surface area contributed by atoms with Crippen LogP contribution < -0.4 is 0 Å². The van der Waals surface area contributed by atoms with Gasteiger partial charge in [0.25, 0.3) is 0 Å². The summed E-state index contributed by atoms with van der Waals surface area (Å²) in [6.07, 6.45) is 2.18. The van der Waals surface area contributed by atoms with Gasteiger partial charge in [-0.05, 0) is 60.7 Å². The van der Waals surface area contributed by atoms with Crippen molar-refractivity contribution in [3.8, 4) is 45.3 Å². The number of hydrogen-bond acceptors (Lipinski definition) is 3. The largest absolute Gasteiger partial charge is 0.316 e. The first-order valence-corrected chi connectivity index (χ1v) is 18.6. The van der Waals surface area contributed by atoms with Crippen LogP contribution in [0.5, 0.6) is 0 Å². The lowest BCUT2D eigenvalue weighted by atomic mass is 10.1. The second-order valence-corrected chi connectivity index (χ2v) is 14.5. The molecule has 0 aliphatic heterocycles. The predicted molar refractivity (Wildman–Crippen MR) is 222 cm³/mol. The predicted octanol–water partition coefficient (Wildman–Crippen LogP) is 12.9. The van der Waals surface area contributed by atoms with Crippen LogP contribution >= 0.6 is 11.3 Å². The number of aromatic nitrogens is 4. The highest BCUT2D eigenvalue weighted by atomic mass is 32.1. The van der Waals surface area contributed by atoms with E-state index in [9.17, 15) is 0 Å². The first-order chi connectivity index (χ1) is 26.3. The first-order valence-electron chi connectivity index (χ1n) is 17.8. The molecule has 53 heavy (non-hydrogen) atoms. The summed E-state index contributed by atoms with van der Waals surface area (Å²) in [7, 11) is 0. The van der Waals surface area contributed by atoms with Crippen LogP contribution in [0.3, 0.4) is 0 Å². The average molecular weight is 695 g/mol. The molecular formula is C48H30N4S. The molecule has 0 radical (unpaired) electrons. The zero-order chi connectivity index (χ0) is 34.9. The Morgan fingerprint density at radius 2 is 1.09 bits per heavy atom. The first kappa shape index (κ1) is 29.9. The van der Waals surface area contributed by atoms with Gasteiger partial charge in [-0.25, -0.2) is 9.97 Å². The summed E-state index contributed by atoms with van der Waals surface area (Å²) < 4.78 is 7.33. The van der Waals surface area contributed by atoms with Gasteiger partial charge in [0, 0.05) is 70.6 Å². The van der Waals surface area contributed by atoms with Crippen LogP contribution in [0.1, 0.15) is 0 Å². The standard InChI is InChI=1S/C48H30N4S/c1-4-13-31(14-5-1)40-29-41(32-15-6-2-7-16-32)50-48(49-40)34-17-12-20-36(27-34)52-43-30-42-33(25-26-51(42)35-18-8-3-9-19-35)28-39(43)37-23-24-45-46(47(37)52)38-21-10-11-22-44(38)53-45/h1-30H. The molecule has 0 aliphatic carbocycles. The van der Waals surface area contributed by atoms with Gasteiger partial charge in [0.15, 0.2) is 5.82 Å². The molecule has 11 rings (SSSR count). The fourth-order valence-corrected chi connectivity index (χ4v) is 9.00. The fourth-order valence-electron chi connectivity index (χ4n) is 7.90. The number of hydrogen-bond donors (Lipinski definition) is 0. The molecule has 0 N–H and O–H groups in total. The molecule has 4 aromatic heterocycles. The minimum Gasteiger partial charge on any atom is -0.316 e. The van der Waals surface area contributed by atoms with Crippen LogP contribution in [0.15, 0.2) is 182 Å². The van der Waals surface area contributed by atoms with Crippen molar-refractivity contribution < 1.29 is 0 Å². The molecule has 4 heterocycles. The number of nitrogens with zero attached hydrogens (tertiary/aromatic N) is 4. The lowest BCUT2D eigenvalue weighted by Crippen LogP contribution is -1.98. The van der Waals surface area contributed by atoms with E-state index >= 15 is 0 Å². The van der Waals surface area contributed by atoms with E-state index < -0.39 is 0 Å². The second-order valence-electron chi connectivity index (χ2n) is 13.5. The highest BCUT2D eigenvalue weighted by Crippen LogP contribution is 2.44. The van der Waals surface area contributed by atoms with Gasteiger partial charge >= 0.3 is 0 Å². The molecule has 0 aliphatic rings. The van der Waals surface area contributed by atoms with Gasteiger partial charge in [0.05, 0.1) is 27.9 Å². The topological polar surface area (TPSA) is 35.6 Å². The normalized spacial score (nSPS) is 11.8. The maximum absolute atomic E-state index is 5.19. The second kappa shape index (κ2) is 11.9. The van der Waals surface area contributed by atoms with Crippen molar-refractivity contribution >= 4 is 64.2 Å². The van der Waals surface area contributed by atoms with Crippen molar-refractivity contribution in [2.75, 3.05) is 0 Å². The summed E-state index contributed by atoms with van der Waals surface area (Å²) in [5, 5.41) is 6.25. The summed E-state index contributed by atoms with van der Waals surface area (Å²) in [6.45, 7) is 0. The van der Waals surface area contributed by atoms with Gasteiger partial charge in [-0.15, -0.1) is 11.3 Å². The third-order valence-corrected chi connectivity index (χ3v) is 11.5. The van der Waals surface area contributed by atoms with E-state index in [1.54, 1.807) is 0 Å². The minimum atomic E-state index is 0.694. The van der Waals surface area contributed by atoms with Crippen molar-refractivity contribution in [2.45, 2.75) is 0 Å². The van der Waals surface area contributed by atoms with Crippen LogP contribution in [-0.4, -0.2) is 19.1 Å². The van der Waals surface area contributed by atoms with E-state index in [4.69, 9.17) is 9.97 Å². The van der Waals surface area contributed by atoms with Crippen molar-refractivity contribution in [1.29, 1.82) is 0 Å². The molecule has 0 saturated heterocycles. The summed E-state index contributed by atoms with van der Waals surface area (Å²) in [6, 6.07) is 62.5. The zero-order valence-corrected chi connectivity index (χ0v) is 29.3. The molecule has 0 fully saturated rings. The highest BCUT2D eigenvalue weighted by molar-refractivity contribution is 7.26. The summed E-state index contributed by atoms with van der Waals surface area (Å²) in [5.74, 6) is 0.694. The van der Waals surface area contributed by atoms with Crippen LogP contribution in [-0.2, 0) is 0 Å². The fraction of sp³-hybridized carbons (Fsp3) is 0. The van der Waals surface area contributed by atoms with E-state index in [2.05, 4.69) is 179 Å². The van der Waals surface area contributed by atoms with Gasteiger partial charge in [0.1, 0.15) is 0 Å². The number of thiophene rings is 1. The lowest BCUT2D eigenvalue weighted by Gasteiger charge is -2.13. The van der Waals surface area contributed by atoms with Gasteiger partial charge in [0.2, 0.25) is 0 Å². The van der Waals surface area contributed by atoms with E-state index in [1.165, 1.54) is 47.4 Å². The SMILES string of the molecule is c1ccc(-c2cc(-c3ccccc3)nc(-c3cccc(-n4c5cc6c(ccn6-c6ccccc6)cc5c5ccc6sc7ccccc7c6c54)c3)n2)cc1. The molecule has 0 amide bonds. The molecule has 0 saturated carbocycles. The Kier molecular flexibility index (Phi) is 6.69. The molecule has 0 unspecified atom stereocenters. The minimum absolute atomic E-state index is 0.694. The maximum Gasteiger partial charge on any atom is 0.160 e. The van der Waals surface area contributed by atoms with Crippen LogP contribution in [0, 0.1) is 0 Å². The highest BCUT2D eigenvalue weighted by Gasteiger charge is 2.20. The smallest absolute Gasteiger partial charge is 0.160 e. The third kappa shape index (κ3) is 4.82. The molecule has 5 heteroatoms. The third-order valence-electron chi connectivity index (χ3n) is 10.3. The van der Waals surface area contributed by atoms with Gasteiger partial charge in [-0.1, -0.05) is 115 Å². The van der Waals surface area contributed by atoms with Crippen molar-refractivity contribution in [2.24, 2.45) is 0 Å². The molecule has 0 spiro atoms. The molecule has 0 bridgehead atoms. The molecule has 7 aromatic carbocycles. The average Bonchev–Trinajstić information content (AvgIpc) is 3.92. The van der Waals surface area contributed by atoms with Crippen LogP contribution in [0.4, 0.5) is 0 Å². The Balaban J connectivity index is 1.20. The molecule has 11 aromatic rings. The summed E-state index contributed by atoms with van der Waals surface area (Å²) >= 11 is 1.86. The number of rotatable bonds is 5. The van der Waals surface area contributed by atoms with E-state index in [-0.39, 0.29) is 0 Å². The number of fused-ring (bicyclic) bond motifs is 8. The molecule has 248 valence electrons. The Bertz CT molecular complexity index is 3100. The van der Waals surface area contributed by atoms with Crippen molar-refractivity contribution in [1.82, 2.24) is 19.1 Å². The maximum atomic E-state index is 5.19. The Morgan fingerprint density at radius 3 is 1.85 bits per heavy atom. The summed E-state index contributed by atoms with van der Waals surface area (Å²) in [5.41, 5.74) is 10.6. The Hall–Kier alpha value is -6.82. The van der Waals surface area contributed by atoms with E-state index in [0.717, 1.165) is 45.0 Å². The van der Waals surface area contributed by atoms with Gasteiger partial charge < -0.3 is 9.13 Å². The lowest BCUT2D eigenvalue weighted by molar-refractivity contribution is 1.12. The van der Waals surface area contributed by atoms with E-state index in [1.807, 2.05) is 23.5 Å². The molecular weight excluding hydrogens is 665 g/mol. The van der Waals surface area contributed by atoms with Crippen LogP contribution in [0.2, 0.25) is 0 Å². The molecule has 0 atom stereocenters. The van der Waals surface area contributed by atoms with Gasteiger partial charge in [-0.3, -0.25) is 0 Å². The zero-order valence-electron chi connectivity index (χ0n) is 28.5. The monoisotopic (exact) mass is 694 g/mol. The van der Waals surface area contributed by atoms with Crippen molar-refractivity contribution in [3.63, 3.8) is 0 Å². The van der Waals surface area contributed by atoms with E-state index in [0.29, 0.717) is 5.82 Å². The Labute approximate surface area is 309 Å². The Morgan fingerprint density at radius 1 is 0.434 bits per heavy atom. The number of benzene rings is 7. The van der Waals surface area contributed by atoms with Gasteiger partial charge in [-0.2, -0.15) is 0 Å². The quantitative estimate of drug-likeness (QED) is 0.180. The summed E-state index contributed by atoms with van der Waals surface area (Å²) in [4.78, 5) is 10.4. The number of para-hydroxylation sites is 1. The molecule has 4 nitrogen and oxygen atoms in total. The van der Waals surface area contributed by atoms with Crippen LogP contribution in [0.25, 0.3) is 98.2 Å².